The van der Waals surface area contributed by atoms with Crippen LogP contribution < -0.4 is 20.8 Å². The van der Waals surface area contributed by atoms with Crippen molar-refractivity contribution in [3.8, 4) is 11.5 Å². The molecule has 0 amide bonds. The molecule has 0 aliphatic carbocycles. The van der Waals surface area contributed by atoms with Gasteiger partial charge in [0.25, 0.3) is 0 Å². The van der Waals surface area contributed by atoms with E-state index in [-0.39, 0.29) is 35.2 Å². The smallest absolute Gasteiger partial charge is 0.872 e. The van der Waals surface area contributed by atoms with Crippen LogP contribution in [0.1, 0.15) is 30.9 Å². The third kappa shape index (κ3) is 21.5. The van der Waals surface area contributed by atoms with Gasteiger partial charge in [-0.15, -0.1) is 11.5 Å². The normalized spacial score (nSPS) is 10.2. The molecular formula is C24H34MnN5O6. The first-order valence-corrected chi connectivity index (χ1v) is 11.3. The van der Waals surface area contributed by atoms with E-state index < -0.39 is 5.09 Å². The van der Waals surface area contributed by atoms with E-state index in [2.05, 4.69) is 20.6 Å². The van der Waals surface area contributed by atoms with Crippen molar-refractivity contribution in [3.05, 3.63) is 75.0 Å². The van der Waals surface area contributed by atoms with Gasteiger partial charge in [-0.25, -0.2) is 0 Å². The number of nitrogens with one attached hydrogen (secondary N) is 2. The van der Waals surface area contributed by atoms with Crippen LogP contribution in [0.25, 0.3) is 0 Å². The summed E-state index contributed by atoms with van der Waals surface area (Å²) in [5.74, 6) is 0.0210. The van der Waals surface area contributed by atoms with Crippen LogP contribution in [0, 0.1) is 15.3 Å². The molecule has 198 valence electrons. The number of para-hydroxylation sites is 2. The molecule has 0 aliphatic heterocycles. The molecule has 0 saturated carbocycles. The van der Waals surface area contributed by atoms with Crippen molar-refractivity contribution in [3.63, 3.8) is 0 Å². The van der Waals surface area contributed by atoms with Crippen molar-refractivity contribution in [2.24, 2.45) is 9.98 Å². The molecule has 3 N–H and O–H groups in total. The van der Waals surface area contributed by atoms with Gasteiger partial charge in [0, 0.05) is 45.2 Å². The van der Waals surface area contributed by atoms with E-state index in [1.807, 2.05) is 12.1 Å². The Hall–Kier alpha value is -3.02. The van der Waals surface area contributed by atoms with E-state index in [1.165, 1.54) is 0 Å². The van der Waals surface area contributed by atoms with E-state index in [4.69, 9.17) is 20.4 Å². The number of rotatable bonds is 13. The van der Waals surface area contributed by atoms with Gasteiger partial charge in [0.15, 0.2) is 0 Å². The van der Waals surface area contributed by atoms with Gasteiger partial charge in [-0.2, -0.15) is 0 Å². The van der Waals surface area contributed by atoms with Crippen LogP contribution in [0.15, 0.2) is 58.5 Å². The first-order valence-electron chi connectivity index (χ1n) is 11.3. The maximum atomic E-state index is 11.5. The van der Waals surface area contributed by atoms with Crippen LogP contribution in [0.2, 0.25) is 0 Å². The Morgan fingerprint density at radius 3 is 1.47 bits per heavy atom. The fourth-order valence-electron chi connectivity index (χ4n) is 2.52. The SMILES string of the molecule is CCO.O=[N+]([O-])[O-].[Mn+3].[O-]c1ccccc1C=NCCCNCCNCCCN=Cc1ccccc1[O-]. The fraction of sp³-hybridized carbons (Fsp3) is 0.417. The monoisotopic (exact) mass is 543 g/mol. The molecule has 0 fully saturated rings. The molecule has 11 nitrogen and oxygen atoms in total. The molecule has 36 heavy (non-hydrogen) atoms. The van der Waals surface area contributed by atoms with Gasteiger partial charge in [0.1, 0.15) is 0 Å². The molecule has 12 heteroatoms. The van der Waals surface area contributed by atoms with E-state index in [9.17, 15) is 10.2 Å². The van der Waals surface area contributed by atoms with Crippen LogP contribution >= 0.6 is 0 Å². The van der Waals surface area contributed by atoms with Crippen LogP contribution in [-0.2, 0) is 17.1 Å². The van der Waals surface area contributed by atoms with Gasteiger partial charge in [-0.1, -0.05) is 48.5 Å². The summed E-state index contributed by atoms with van der Waals surface area (Å²) in [5.41, 5.74) is 1.28. The molecule has 0 aliphatic rings. The van der Waals surface area contributed by atoms with Gasteiger partial charge in [0.05, 0.1) is 5.09 Å². The zero-order valence-corrected chi connectivity index (χ0v) is 21.5. The van der Waals surface area contributed by atoms with E-state index >= 15 is 0 Å². The van der Waals surface area contributed by atoms with Crippen molar-refractivity contribution in [2.75, 3.05) is 45.9 Å². The fourth-order valence-corrected chi connectivity index (χ4v) is 2.52. The second kappa shape index (κ2) is 25.1. The van der Waals surface area contributed by atoms with Crippen LogP contribution in [0.3, 0.4) is 0 Å². The van der Waals surface area contributed by atoms with Gasteiger partial charge in [0.2, 0.25) is 0 Å². The summed E-state index contributed by atoms with van der Waals surface area (Å²) < 4.78 is 0. The number of hydrogen-bond donors (Lipinski definition) is 3. The summed E-state index contributed by atoms with van der Waals surface area (Å²) in [5, 5.41) is 52.1. The summed E-state index contributed by atoms with van der Waals surface area (Å²) in [6.07, 6.45) is 5.19. The minimum atomic E-state index is -1.75. The second-order valence-electron chi connectivity index (χ2n) is 6.89. The maximum absolute atomic E-state index is 11.5. The number of aliphatic hydroxyl groups is 1. The second-order valence-corrected chi connectivity index (χ2v) is 6.89. The summed E-state index contributed by atoms with van der Waals surface area (Å²) >= 11 is 0. The topological polar surface area (TPSA) is 181 Å². The van der Waals surface area contributed by atoms with Gasteiger partial charge >= 0.3 is 17.1 Å². The molecule has 2 aromatic carbocycles. The largest absolute Gasteiger partial charge is 3.00 e. The van der Waals surface area contributed by atoms with Crippen molar-refractivity contribution in [2.45, 2.75) is 19.8 Å². The Morgan fingerprint density at radius 1 is 0.806 bits per heavy atom. The predicted octanol–water partition coefficient (Wildman–Crippen LogP) is 1.09. The quantitative estimate of drug-likeness (QED) is 0.110. The number of aliphatic imine (C=N–C) groups is 2. The van der Waals surface area contributed by atoms with Crippen LogP contribution in [-0.4, -0.2) is 68.5 Å². The molecule has 0 aromatic heterocycles. The molecule has 2 rings (SSSR count). The molecule has 0 heterocycles. The van der Waals surface area contributed by atoms with Crippen molar-refractivity contribution in [1.29, 1.82) is 0 Å². The average Bonchev–Trinajstić information content (AvgIpc) is 2.81. The first-order chi connectivity index (χ1) is 16.9. The summed E-state index contributed by atoms with van der Waals surface area (Å²) in [6.45, 7) is 6.95. The third-order valence-corrected chi connectivity index (χ3v) is 4.06. The maximum Gasteiger partial charge on any atom is 3.00 e. The molecule has 0 unspecified atom stereocenters. The zero-order valence-electron chi connectivity index (χ0n) is 20.3. The molecule has 0 saturated heterocycles. The Balaban J connectivity index is 0. The van der Waals surface area contributed by atoms with Crippen molar-refractivity contribution >= 4 is 12.4 Å². The van der Waals surface area contributed by atoms with Gasteiger partial charge in [-0.3, -0.25) is 9.98 Å². The standard InChI is InChI=1S/C22H30N4O2.C2H6O.Mn.NO3/c27-21-9-3-1-7-19(21)17-25-13-5-11-23-15-16-24-12-6-14-26-18-20-8-2-4-10-22(20)28;1-2-3;;2-1(3)4/h1-4,7-10,17-18,23-24,27-28H,5-6,11-16H2;3H,2H2,1H3;;/q;;+3;-1/p-2. The van der Waals surface area contributed by atoms with Gasteiger partial charge in [-0.05, 0) is 44.0 Å². The number of benzene rings is 2. The van der Waals surface area contributed by atoms with E-state index in [1.54, 1.807) is 55.8 Å². The summed E-state index contributed by atoms with van der Waals surface area (Å²) in [4.78, 5) is 16.8. The summed E-state index contributed by atoms with van der Waals surface area (Å²) in [6, 6.07) is 13.8. The van der Waals surface area contributed by atoms with Crippen LogP contribution in [0.5, 0.6) is 11.5 Å². The average molecular weight is 544 g/mol. The van der Waals surface area contributed by atoms with Crippen molar-refractivity contribution < 1.29 is 37.5 Å². The van der Waals surface area contributed by atoms with Gasteiger partial charge < -0.3 is 41.3 Å². The minimum Gasteiger partial charge on any atom is -0.872 e. The molecule has 2 aromatic rings. The Labute approximate surface area is 222 Å². The number of aliphatic hydroxyl groups excluding tert-OH is 1. The Kier molecular flexibility index (Phi) is 24.5. The summed E-state index contributed by atoms with van der Waals surface area (Å²) in [7, 11) is 0. The third-order valence-electron chi connectivity index (χ3n) is 4.06. The predicted molar refractivity (Wildman–Crippen MR) is 135 cm³/mol. The Bertz CT molecular complexity index is 803. The van der Waals surface area contributed by atoms with Crippen molar-refractivity contribution in [1.82, 2.24) is 10.6 Å². The van der Waals surface area contributed by atoms with E-state index in [0.717, 1.165) is 39.0 Å². The Morgan fingerprint density at radius 2 is 1.14 bits per heavy atom. The number of hydrogen-bond acceptors (Lipinski definition) is 10. The first kappa shape index (κ1) is 35.1. The van der Waals surface area contributed by atoms with E-state index in [0.29, 0.717) is 24.2 Å². The minimum absolute atomic E-state index is 0. The molecular weight excluding hydrogens is 509 g/mol. The van der Waals surface area contributed by atoms with Crippen LogP contribution in [0.4, 0.5) is 0 Å². The molecule has 0 radical (unpaired) electrons. The molecule has 0 atom stereocenters. The molecule has 0 bridgehead atoms. The number of nitrogens with zero attached hydrogens (tertiary/aromatic N) is 3. The zero-order chi connectivity index (χ0) is 26.2. The molecule has 0 spiro atoms.